The Morgan fingerprint density at radius 1 is 1.18 bits per heavy atom. The summed E-state index contributed by atoms with van der Waals surface area (Å²) in [7, 11) is 1.07. The van der Waals surface area contributed by atoms with Crippen LogP contribution < -0.4 is 4.74 Å². The second kappa shape index (κ2) is 11.6. The normalized spacial score (nSPS) is 20.3. The van der Waals surface area contributed by atoms with E-state index in [9.17, 15) is 24.3 Å². The number of fused-ring (bicyclic) bond motifs is 1. The molecule has 3 unspecified atom stereocenters. The summed E-state index contributed by atoms with van der Waals surface area (Å²) in [5.74, 6) is -1.07. The average Bonchev–Trinajstić information content (AvgIpc) is 3.28. The summed E-state index contributed by atoms with van der Waals surface area (Å²) in [4.78, 5) is 42.0. The van der Waals surface area contributed by atoms with Crippen LogP contribution in [0.15, 0.2) is 71.0 Å². The van der Waals surface area contributed by atoms with Gasteiger partial charge in [0.05, 0.1) is 4.92 Å². The highest BCUT2D eigenvalue weighted by Crippen LogP contribution is 2.55. The Labute approximate surface area is 226 Å². The number of non-ortho nitro benzene ring substituents is 1. The number of likely N-dealkylation sites (tertiary alicyclic amines) is 1. The Morgan fingerprint density at radius 3 is 2.50 bits per heavy atom. The van der Waals surface area contributed by atoms with Gasteiger partial charge in [0.15, 0.2) is 11.7 Å². The number of allylic oxidation sites excluding steroid dienone is 1. The fourth-order valence-electron chi connectivity index (χ4n) is 3.57. The summed E-state index contributed by atoms with van der Waals surface area (Å²) in [5, 5.41) is 10.8. The first kappa shape index (κ1) is 27.6. The van der Waals surface area contributed by atoms with Crippen molar-refractivity contribution < 1.29 is 37.6 Å². The number of nitro groups is 1. The van der Waals surface area contributed by atoms with Crippen molar-refractivity contribution in [2.75, 3.05) is 13.7 Å². The number of benzene rings is 2. The van der Waals surface area contributed by atoms with Gasteiger partial charge in [-0.3, -0.25) is 29.3 Å². The molecule has 2 aromatic rings. The number of nitro benzene ring substituents is 1. The average molecular weight is 582 g/mol. The molecule has 2 aromatic carbocycles. The summed E-state index contributed by atoms with van der Waals surface area (Å²) in [6.07, 6.45) is 0. The predicted molar refractivity (Wildman–Crippen MR) is 139 cm³/mol. The number of hydrogen-bond acceptors (Lipinski definition) is 11. The monoisotopic (exact) mass is 581 g/mol. The van der Waals surface area contributed by atoms with Crippen molar-refractivity contribution in [2.45, 2.75) is 24.9 Å². The first-order chi connectivity index (χ1) is 18.1. The molecule has 0 spiro atoms. The van der Waals surface area contributed by atoms with Crippen LogP contribution in [0.5, 0.6) is 5.75 Å². The van der Waals surface area contributed by atoms with Crippen LogP contribution >= 0.6 is 30.0 Å². The van der Waals surface area contributed by atoms with Crippen LogP contribution in [0.2, 0.25) is 0 Å². The zero-order chi connectivity index (χ0) is 27.4. The van der Waals surface area contributed by atoms with Gasteiger partial charge in [0.25, 0.3) is 11.6 Å². The molecule has 2 aliphatic rings. The van der Waals surface area contributed by atoms with Gasteiger partial charge in [-0.05, 0) is 36.8 Å². The third kappa shape index (κ3) is 6.18. The summed E-state index contributed by atoms with van der Waals surface area (Å²) in [5.41, 5.74) is 0.0300. The SMILES string of the molecule is COP(=O)(Cl)OC(C)=C(C(=O)OCc1ccc([N+](=O)[O-])cc1)N1C(=O)C2N=C(COc3ccccc3)SC21. The van der Waals surface area contributed by atoms with E-state index in [0.29, 0.717) is 16.4 Å². The Balaban J connectivity index is 1.50. The summed E-state index contributed by atoms with van der Waals surface area (Å²) in [6, 6.07) is 13.7. The molecule has 12 nitrogen and oxygen atoms in total. The second-order valence-corrected chi connectivity index (χ2v) is 11.7. The second-order valence-electron chi connectivity index (χ2n) is 7.90. The van der Waals surface area contributed by atoms with E-state index in [4.69, 9.17) is 25.2 Å². The molecule has 1 saturated heterocycles. The Kier molecular flexibility index (Phi) is 8.41. The van der Waals surface area contributed by atoms with Crippen LogP contribution in [0.25, 0.3) is 0 Å². The van der Waals surface area contributed by atoms with Crippen LogP contribution in [-0.4, -0.2) is 51.9 Å². The highest BCUT2D eigenvalue weighted by Gasteiger charge is 2.56. The number of para-hydroxylation sites is 1. The van der Waals surface area contributed by atoms with Crippen molar-refractivity contribution in [3.05, 3.63) is 81.7 Å². The number of amides is 1. The van der Waals surface area contributed by atoms with Crippen LogP contribution in [0, 0.1) is 10.1 Å². The maximum absolute atomic E-state index is 13.2. The third-order valence-electron chi connectivity index (χ3n) is 5.41. The molecule has 15 heteroatoms. The minimum atomic E-state index is -4.10. The van der Waals surface area contributed by atoms with Crippen molar-refractivity contribution in [2.24, 2.45) is 4.99 Å². The van der Waals surface area contributed by atoms with Crippen LogP contribution in [-0.2, 0) is 34.5 Å². The number of carbonyl (C=O) groups excluding carboxylic acids is 2. The third-order valence-corrected chi connectivity index (χ3v) is 8.16. The van der Waals surface area contributed by atoms with Gasteiger partial charge in [0, 0.05) is 30.5 Å². The molecule has 1 amide bonds. The number of rotatable bonds is 11. The van der Waals surface area contributed by atoms with E-state index < -0.39 is 35.2 Å². The molecule has 1 fully saturated rings. The van der Waals surface area contributed by atoms with E-state index in [1.54, 1.807) is 12.1 Å². The first-order valence-corrected chi connectivity index (χ1v) is 14.3. The number of esters is 1. The van der Waals surface area contributed by atoms with Crippen LogP contribution in [0.1, 0.15) is 12.5 Å². The smallest absolute Gasteiger partial charge is 0.476 e. The summed E-state index contributed by atoms with van der Waals surface area (Å²) in [6.45, 7) is -2.92. The Bertz CT molecular complexity index is 1350. The largest absolute Gasteiger partial charge is 0.487 e. The van der Waals surface area contributed by atoms with Gasteiger partial charge in [-0.1, -0.05) is 30.0 Å². The highest BCUT2D eigenvalue weighted by molar-refractivity contribution is 8.15. The molecule has 3 atom stereocenters. The topological polar surface area (TPSA) is 147 Å². The van der Waals surface area contributed by atoms with Crippen molar-refractivity contribution >= 4 is 52.6 Å². The fourth-order valence-corrected chi connectivity index (χ4v) is 5.57. The van der Waals surface area contributed by atoms with Gasteiger partial charge < -0.3 is 14.0 Å². The molecule has 4 rings (SSSR count). The molecule has 0 aliphatic carbocycles. The molecule has 0 bridgehead atoms. The van der Waals surface area contributed by atoms with Gasteiger partial charge >= 0.3 is 12.9 Å². The van der Waals surface area contributed by atoms with Crippen molar-refractivity contribution in [1.82, 2.24) is 4.90 Å². The minimum absolute atomic E-state index is 0.120. The number of nitrogens with zero attached hydrogens (tertiary/aromatic N) is 3. The number of aliphatic imine (C=N–C) groups is 1. The van der Waals surface area contributed by atoms with E-state index in [1.807, 2.05) is 18.2 Å². The number of thioether (sulfide) groups is 1. The Morgan fingerprint density at radius 2 is 1.87 bits per heavy atom. The molecule has 200 valence electrons. The predicted octanol–water partition coefficient (Wildman–Crippen LogP) is 4.64. The lowest BCUT2D eigenvalue weighted by molar-refractivity contribution is -0.384. The molecule has 38 heavy (non-hydrogen) atoms. The number of hydrogen-bond donors (Lipinski definition) is 0. The number of β-lactam (4-membered cyclic amide) rings is 1. The molecule has 0 saturated carbocycles. The first-order valence-electron chi connectivity index (χ1n) is 11.0. The molecular weight excluding hydrogens is 561 g/mol. The molecular formula is C23H21ClN3O9PS. The van der Waals surface area contributed by atoms with Crippen LogP contribution in [0.4, 0.5) is 5.69 Å². The van der Waals surface area contributed by atoms with E-state index in [1.165, 1.54) is 43.0 Å². The summed E-state index contributed by atoms with van der Waals surface area (Å²) >= 11 is 6.97. The van der Waals surface area contributed by atoms with E-state index in [0.717, 1.165) is 12.0 Å². The lowest BCUT2D eigenvalue weighted by atomic mass is 10.1. The van der Waals surface area contributed by atoms with E-state index in [2.05, 4.69) is 9.52 Å². The fraction of sp³-hybridized carbons (Fsp3) is 0.261. The number of halogens is 1. The van der Waals surface area contributed by atoms with Crippen molar-refractivity contribution in [1.29, 1.82) is 0 Å². The van der Waals surface area contributed by atoms with Crippen molar-refractivity contribution in [3.8, 4) is 5.75 Å². The van der Waals surface area contributed by atoms with Crippen molar-refractivity contribution in [3.63, 3.8) is 0 Å². The van der Waals surface area contributed by atoms with Gasteiger partial charge in [-0.2, -0.15) is 0 Å². The standard InChI is InChI=1S/C23H21ClN3O9PS/c1-14(36-37(24,32)33-2)20(23(29)35-12-15-8-10-16(11-9-15)27(30)31)26-21(28)19-22(26)38-18(25-19)13-34-17-6-4-3-5-7-17/h3-11,19,22H,12-13H2,1-2H3. The van der Waals surface area contributed by atoms with Crippen LogP contribution in [0.3, 0.4) is 0 Å². The maximum atomic E-state index is 13.2. The molecule has 2 aliphatic heterocycles. The summed E-state index contributed by atoms with van der Waals surface area (Å²) < 4.78 is 33.1. The molecule has 2 heterocycles. The highest BCUT2D eigenvalue weighted by atomic mass is 35.7. The minimum Gasteiger partial charge on any atom is -0.487 e. The molecule has 0 radical (unpaired) electrons. The zero-order valence-electron chi connectivity index (χ0n) is 20.0. The van der Waals surface area contributed by atoms with E-state index in [-0.39, 0.29) is 30.4 Å². The maximum Gasteiger partial charge on any atom is 0.476 e. The lowest BCUT2D eigenvalue weighted by Gasteiger charge is -2.41. The van der Waals surface area contributed by atoms with Gasteiger partial charge in [0.1, 0.15) is 35.1 Å². The number of carbonyl (C=O) groups is 2. The lowest BCUT2D eigenvalue weighted by Crippen LogP contribution is -2.61. The zero-order valence-corrected chi connectivity index (χ0v) is 22.5. The Hall–Kier alpha value is -3.38. The van der Waals surface area contributed by atoms with E-state index >= 15 is 0 Å². The molecule has 0 N–H and O–H groups in total. The molecule has 0 aromatic heterocycles. The number of ether oxygens (including phenoxy) is 2. The quantitative estimate of drug-likeness (QED) is 0.0699. The van der Waals surface area contributed by atoms with Gasteiger partial charge in [-0.15, -0.1) is 0 Å². The van der Waals surface area contributed by atoms with Gasteiger partial charge in [0.2, 0.25) is 0 Å². The van der Waals surface area contributed by atoms with Gasteiger partial charge in [-0.25, -0.2) is 9.36 Å².